The molecular weight excluding hydrogens is 282 g/mol. The smallest absolute Gasteiger partial charge is 0.256 e. The SMILES string of the molecule is O=C1Nc2ccc(Cl)cc2C1=CC1=CC2=C(CCCC2)C1. The highest BCUT2D eigenvalue weighted by Crippen LogP contribution is 2.39. The van der Waals surface area contributed by atoms with Crippen LogP contribution < -0.4 is 5.32 Å². The van der Waals surface area contributed by atoms with Crippen LogP contribution in [0.5, 0.6) is 0 Å². The first kappa shape index (κ1) is 12.9. The van der Waals surface area contributed by atoms with Gasteiger partial charge in [-0.05, 0) is 67.5 Å². The van der Waals surface area contributed by atoms with E-state index >= 15 is 0 Å². The molecule has 0 bridgehead atoms. The number of carbonyl (C=O) groups excluding carboxylic acids is 1. The molecule has 106 valence electrons. The first-order valence-corrected chi connectivity index (χ1v) is 7.83. The van der Waals surface area contributed by atoms with Gasteiger partial charge in [0, 0.05) is 21.8 Å². The normalized spacial score (nSPS) is 22.2. The first-order chi connectivity index (χ1) is 10.2. The largest absolute Gasteiger partial charge is 0.321 e. The van der Waals surface area contributed by atoms with Crippen molar-refractivity contribution in [2.24, 2.45) is 0 Å². The molecule has 0 unspecified atom stereocenters. The third-order valence-electron chi connectivity index (χ3n) is 4.50. The molecule has 0 aromatic heterocycles. The van der Waals surface area contributed by atoms with Gasteiger partial charge in [-0.25, -0.2) is 0 Å². The molecule has 0 spiro atoms. The quantitative estimate of drug-likeness (QED) is 0.736. The molecule has 0 radical (unpaired) electrons. The highest BCUT2D eigenvalue weighted by atomic mass is 35.5. The second-order valence-corrected chi connectivity index (χ2v) is 6.37. The zero-order valence-electron chi connectivity index (χ0n) is 11.7. The van der Waals surface area contributed by atoms with Crippen LogP contribution >= 0.6 is 11.6 Å². The number of hydrogen-bond donors (Lipinski definition) is 1. The molecule has 21 heavy (non-hydrogen) atoms. The summed E-state index contributed by atoms with van der Waals surface area (Å²) in [5.41, 5.74) is 6.82. The van der Waals surface area contributed by atoms with Crippen LogP contribution in [-0.2, 0) is 4.79 Å². The predicted molar refractivity (Wildman–Crippen MR) is 86.3 cm³/mol. The molecule has 0 fully saturated rings. The van der Waals surface area contributed by atoms with Crippen LogP contribution in [0.2, 0.25) is 5.02 Å². The first-order valence-electron chi connectivity index (χ1n) is 7.45. The number of allylic oxidation sites excluding steroid dienone is 5. The van der Waals surface area contributed by atoms with E-state index < -0.39 is 0 Å². The van der Waals surface area contributed by atoms with Crippen molar-refractivity contribution in [3.63, 3.8) is 0 Å². The van der Waals surface area contributed by atoms with Crippen LogP contribution in [0, 0.1) is 0 Å². The maximum Gasteiger partial charge on any atom is 0.256 e. The Morgan fingerprint density at radius 1 is 1.19 bits per heavy atom. The van der Waals surface area contributed by atoms with Gasteiger partial charge in [0.25, 0.3) is 5.91 Å². The molecule has 0 saturated carbocycles. The predicted octanol–water partition coefficient (Wildman–Crippen LogP) is 4.88. The van der Waals surface area contributed by atoms with Crippen molar-refractivity contribution in [1.29, 1.82) is 0 Å². The van der Waals surface area contributed by atoms with Crippen LogP contribution in [-0.4, -0.2) is 5.91 Å². The van der Waals surface area contributed by atoms with Crippen LogP contribution in [0.25, 0.3) is 5.57 Å². The Hall–Kier alpha value is -1.80. The fourth-order valence-corrected chi connectivity index (χ4v) is 3.64. The second kappa shape index (κ2) is 4.88. The van der Waals surface area contributed by atoms with Gasteiger partial charge in [0.15, 0.2) is 0 Å². The fourth-order valence-electron chi connectivity index (χ4n) is 3.47. The maximum atomic E-state index is 12.2. The summed E-state index contributed by atoms with van der Waals surface area (Å²) in [5, 5.41) is 3.57. The summed E-state index contributed by atoms with van der Waals surface area (Å²) in [4.78, 5) is 12.2. The molecular formula is C18H16ClNO. The number of benzene rings is 1. The average molecular weight is 298 g/mol. The summed E-state index contributed by atoms with van der Waals surface area (Å²) in [6, 6.07) is 5.53. The number of halogens is 1. The van der Waals surface area contributed by atoms with Crippen LogP contribution in [0.4, 0.5) is 5.69 Å². The van der Waals surface area contributed by atoms with Gasteiger partial charge in [0.1, 0.15) is 0 Å². The van der Waals surface area contributed by atoms with Crippen LogP contribution in [0.15, 0.2) is 47.1 Å². The van der Waals surface area contributed by atoms with Gasteiger partial charge >= 0.3 is 0 Å². The van der Waals surface area contributed by atoms with E-state index in [1.807, 2.05) is 18.2 Å². The second-order valence-electron chi connectivity index (χ2n) is 5.93. The summed E-state index contributed by atoms with van der Waals surface area (Å²) in [6.45, 7) is 0. The molecule has 1 heterocycles. The Bertz CT molecular complexity index is 740. The molecule has 1 aromatic carbocycles. The van der Waals surface area contributed by atoms with Crippen LogP contribution in [0.1, 0.15) is 37.7 Å². The molecule has 2 aliphatic carbocycles. The molecule has 1 aromatic rings. The summed E-state index contributed by atoms with van der Waals surface area (Å²) >= 11 is 6.06. The molecule has 1 N–H and O–H groups in total. The van der Waals surface area contributed by atoms with E-state index in [9.17, 15) is 4.79 Å². The zero-order chi connectivity index (χ0) is 14.4. The van der Waals surface area contributed by atoms with Crippen LogP contribution in [0.3, 0.4) is 0 Å². The topological polar surface area (TPSA) is 29.1 Å². The lowest BCUT2D eigenvalue weighted by Crippen LogP contribution is -2.03. The van der Waals surface area contributed by atoms with Gasteiger partial charge in [-0.15, -0.1) is 0 Å². The Morgan fingerprint density at radius 2 is 2.05 bits per heavy atom. The number of hydrogen-bond acceptors (Lipinski definition) is 1. The number of fused-ring (bicyclic) bond motifs is 1. The number of nitrogens with one attached hydrogen (secondary N) is 1. The van der Waals surface area contributed by atoms with E-state index in [4.69, 9.17) is 11.6 Å². The van der Waals surface area contributed by atoms with Crippen molar-refractivity contribution in [3.8, 4) is 0 Å². The molecule has 1 aliphatic heterocycles. The average Bonchev–Trinajstić information content (AvgIpc) is 3.01. The number of anilines is 1. The third kappa shape index (κ3) is 2.24. The van der Waals surface area contributed by atoms with E-state index in [-0.39, 0.29) is 5.91 Å². The van der Waals surface area contributed by atoms with Gasteiger partial charge in [-0.1, -0.05) is 23.3 Å². The number of carbonyl (C=O) groups is 1. The van der Waals surface area contributed by atoms with Gasteiger partial charge in [0.2, 0.25) is 0 Å². The fraction of sp³-hybridized carbons (Fsp3) is 0.278. The van der Waals surface area contributed by atoms with E-state index in [0.717, 1.165) is 23.2 Å². The lowest BCUT2D eigenvalue weighted by molar-refractivity contribution is -0.110. The Morgan fingerprint density at radius 3 is 2.90 bits per heavy atom. The molecule has 2 nitrogen and oxygen atoms in total. The molecule has 0 saturated heterocycles. The standard InChI is InChI=1S/C18H16ClNO/c19-14-5-6-17-15(10-14)16(18(21)20-17)9-11-7-12-3-1-2-4-13(12)8-11/h5-7,9-10H,1-4,8H2,(H,20,21). The summed E-state index contributed by atoms with van der Waals surface area (Å²) < 4.78 is 0. The minimum atomic E-state index is -0.0296. The summed E-state index contributed by atoms with van der Waals surface area (Å²) in [6.07, 6.45) is 10.3. The van der Waals surface area contributed by atoms with E-state index in [1.165, 1.54) is 36.8 Å². The highest BCUT2D eigenvalue weighted by molar-refractivity contribution is 6.34. The van der Waals surface area contributed by atoms with E-state index in [2.05, 4.69) is 11.4 Å². The van der Waals surface area contributed by atoms with E-state index in [1.54, 1.807) is 11.6 Å². The maximum absolute atomic E-state index is 12.2. The van der Waals surface area contributed by atoms with Gasteiger partial charge in [-0.2, -0.15) is 0 Å². The van der Waals surface area contributed by atoms with Gasteiger partial charge in [0.05, 0.1) is 0 Å². The van der Waals surface area contributed by atoms with Crippen molar-refractivity contribution in [1.82, 2.24) is 0 Å². The third-order valence-corrected chi connectivity index (χ3v) is 4.74. The Kier molecular flexibility index (Phi) is 3.00. The lowest BCUT2D eigenvalue weighted by atomic mass is 9.93. The van der Waals surface area contributed by atoms with Crippen molar-refractivity contribution in [3.05, 3.63) is 57.7 Å². The number of rotatable bonds is 1. The van der Waals surface area contributed by atoms with E-state index in [0.29, 0.717) is 5.02 Å². The van der Waals surface area contributed by atoms with Crippen molar-refractivity contribution >= 4 is 28.8 Å². The van der Waals surface area contributed by atoms with Gasteiger partial charge in [-0.3, -0.25) is 4.79 Å². The molecule has 0 atom stereocenters. The van der Waals surface area contributed by atoms with Crippen molar-refractivity contribution in [2.75, 3.05) is 5.32 Å². The monoisotopic (exact) mass is 297 g/mol. The summed E-state index contributed by atoms with van der Waals surface area (Å²) in [5.74, 6) is -0.0296. The van der Waals surface area contributed by atoms with Crippen molar-refractivity contribution in [2.45, 2.75) is 32.1 Å². The zero-order valence-corrected chi connectivity index (χ0v) is 12.5. The number of amides is 1. The Labute approximate surface area is 129 Å². The minimum absolute atomic E-state index is 0.0296. The van der Waals surface area contributed by atoms with Crippen molar-refractivity contribution < 1.29 is 4.79 Å². The summed E-state index contributed by atoms with van der Waals surface area (Å²) in [7, 11) is 0. The minimum Gasteiger partial charge on any atom is -0.321 e. The highest BCUT2D eigenvalue weighted by Gasteiger charge is 2.26. The molecule has 1 amide bonds. The molecule has 3 heteroatoms. The van der Waals surface area contributed by atoms with Gasteiger partial charge < -0.3 is 5.32 Å². The molecule has 4 rings (SSSR count). The molecule has 3 aliphatic rings. The Balaban J connectivity index is 1.69. The lowest BCUT2D eigenvalue weighted by Gasteiger charge is -2.12.